The van der Waals surface area contributed by atoms with Crippen molar-refractivity contribution in [3.8, 4) is 0 Å². The molecule has 130 valence electrons. The molecular formula is C18H24N2O4. The number of anilines is 2. The quantitative estimate of drug-likeness (QED) is 0.888. The predicted molar refractivity (Wildman–Crippen MR) is 90.8 cm³/mol. The number of hydrogen-bond donors (Lipinski definition) is 2. The van der Waals surface area contributed by atoms with E-state index in [9.17, 15) is 9.59 Å². The van der Waals surface area contributed by atoms with Gasteiger partial charge >= 0.3 is 0 Å². The summed E-state index contributed by atoms with van der Waals surface area (Å²) in [6, 6.07) is 7.30. The number of benzene rings is 1. The van der Waals surface area contributed by atoms with E-state index in [4.69, 9.17) is 9.47 Å². The van der Waals surface area contributed by atoms with Gasteiger partial charge in [-0.3, -0.25) is 9.59 Å². The van der Waals surface area contributed by atoms with E-state index in [1.807, 2.05) is 18.2 Å². The Balaban J connectivity index is 1.57. The first-order chi connectivity index (χ1) is 11.7. The minimum Gasteiger partial charge on any atom is -0.381 e. The van der Waals surface area contributed by atoms with Crippen LogP contribution in [0.5, 0.6) is 0 Å². The van der Waals surface area contributed by atoms with Crippen LogP contribution in [0.15, 0.2) is 24.3 Å². The van der Waals surface area contributed by atoms with Crippen molar-refractivity contribution in [3.63, 3.8) is 0 Å². The Labute approximate surface area is 141 Å². The number of carbonyl (C=O) groups excluding carboxylic acids is 2. The predicted octanol–water partition coefficient (Wildman–Crippen LogP) is 2.42. The number of ether oxygens (including phenoxy) is 2. The fraction of sp³-hybridized carbons (Fsp3) is 0.556. The van der Waals surface area contributed by atoms with E-state index >= 15 is 0 Å². The SMILES string of the molecule is O=C(Nc1cccc(NC(=O)C2CCOCC2)c1)C1CCOCC1. The van der Waals surface area contributed by atoms with Crippen molar-refractivity contribution in [3.05, 3.63) is 24.3 Å². The Hall–Kier alpha value is -1.92. The molecule has 2 aliphatic heterocycles. The summed E-state index contributed by atoms with van der Waals surface area (Å²) in [7, 11) is 0. The van der Waals surface area contributed by atoms with Gasteiger partial charge in [0.25, 0.3) is 0 Å². The van der Waals surface area contributed by atoms with E-state index in [0.717, 1.165) is 25.7 Å². The van der Waals surface area contributed by atoms with Crippen LogP contribution in [0.25, 0.3) is 0 Å². The van der Waals surface area contributed by atoms with Gasteiger partial charge in [0.1, 0.15) is 0 Å². The zero-order valence-corrected chi connectivity index (χ0v) is 13.8. The highest BCUT2D eigenvalue weighted by Gasteiger charge is 2.23. The minimum absolute atomic E-state index is 0.000707. The van der Waals surface area contributed by atoms with E-state index in [1.165, 1.54) is 0 Å². The molecule has 0 atom stereocenters. The van der Waals surface area contributed by atoms with Crippen LogP contribution in [-0.2, 0) is 19.1 Å². The molecule has 6 nitrogen and oxygen atoms in total. The molecule has 6 heteroatoms. The first-order valence-corrected chi connectivity index (χ1v) is 8.59. The summed E-state index contributed by atoms with van der Waals surface area (Å²) in [4.78, 5) is 24.6. The van der Waals surface area contributed by atoms with Gasteiger partial charge in [0.2, 0.25) is 11.8 Å². The van der Waals surface area contributed by atoms with Crippen molar-refractivity contribution in [1.29, 1.82) is 0 Å². The van der Waals surface area contributed by atoms with Gasteiger partial charge in [-0.2, -0.15) is 0 Å². The summed E-state index contributed by atoms with van der Waals surface area (Å²) in [5.41, 5.74) is 1.41. The summed E-state index contributed by atoms with van der Waals surface area (Å²) in [5, 5.41) is 5.88. The van der Waals surface area contributed by atoms with Gasteiger partial charge in [0.15, 0.2) is 0 Å². The maximum absolute atomic E-state index is 12.3. The Kier molecular flexibility index (Phi) is 5.82. The van der Waals surface area contributed by atoms with Gasteiger partial charge in [0.05, 0.1) is 0 Å². The molecule has 1 aromatic rings. The van der Waals surface area contributed by atoms with Crippen LogP contribution in [0, 0.1) is 11.8 Å². The lowest BCUT2D eigenvalue weighted by atomic mass is 9.99. The fourth-order valence-electron chi connectivity index (χ4n) is 3.08. The molecule has 2 heterocycles. The average Bonchev–Trinajstić information content (AvgIpc) is 2.63. The van der Waals surface area contributed by atoms with E-state index in [0.29, 0.717) is 37.8 Å². The van der Waals surface area contributed by atoms with Gasteiger partial charge in [-0.25, -0.2) is 0 Å². The molecule has 0 saturated carbocycles. The average molecular weight is 332 g/mol. The van der Waals surface area contributed by atoms with Gasteiger partial charge in [-0.05, 0) is 43.9 Å². The van der Waals surface area contributed by atoms with Gasteiger partial charge in [0, 0.05) is 49.6 Å². The van der Waals surface area contributed by atoms with Crippen molar-refractivity contribution in [1.82, 2.24) is 0 Å². The van der Waals surface area contributed by atoms with Crippen LogP contribution in [0.2, 0.25) is 0 Å². The smallest absolute Gasteiger partial charge is 0.227 e. The minimum atomic E-state index is -0.000707. The van der Waals surface area contributed by atoms with Crippen LogP contribution in [0.3, 0.4) is 0 Å². The lowest BCUT2D eigenvalue weighted by molar-refractivity contribution is -0.123. The number of rotatable bonds is 4. The second-order valence-corrected chi connectivity index (χ2v) is 6.33. The van der Waals surface area contributed by atoms with Gasteiger partial charge < -0.3 is 20.1 Å². The highest BCUT2D eigenvalue weighted by molar-refractivity contribution is 5.95. The van der Waals surface area contributed by atoms with E-state index in [2.05, 4.69) is 10.6 Å². The van der Waals surface area contributed by atoms with Crippen LogP contribution in [0.4, 0.5) is 11.4 Å². The second kappa shape index (κ2) is 8.26. The van der Waals surface area contributed by atoms with Crippen LogP contribution in [-0.4, -0.2) is 38.2 Å². The third-order valence-corrected chi connectivity index (χ3v) is 4.58. The van der Waals surface area contributed by atoms with Crippen molar-refractivity contribution >= 4 is 23.2 Å². The molecule has 0 unspecified atom stereocenters. The number of carbonyl (C=O) groups is 2. The normalized spacial score (nSPS) is 19.7. The molecule has 0 aromatic heterocycles. The molecule has 2 saturated heterocycles. The molecule has 2 N–H and O–H groups in total. The van der Waals surface area contributed by atoms with E-state index in [-0.39, 0.29) is 23.7 Å². The molecule has 2 fully saturated rings. The second-order valence-electron chi connectivity index (χ2n) is 6.33. The Morgan fingerprint density at radius 2 is 1.21 bits per heavy atom. The van der Waals surface area contributed by atoms with E-state index in [1.54, 1.807) is 6.07 Å². The largest absolute Gasteiger partial charge is 0.381 e. The molecule has 2 amide bonds. The first kappa shape index (κ1) is 16.9. The maximum atomic E-state index is 12.3. The Morgan fingerprint density at radius 3 is 1.62 bits per heavy atom. The zero-order valence-electron chi connectivity index (χ0n) is 13.8. The lowest BCUT2D eigenvalue weighted by Gasteiger charge is -2.22. The number of amides is 2. The van der Waals surface area contributed by atoms with Crippen LogP contribution < -0.4 is 10.6 Å². The molecule has 2 aliphatic rings. The fourth-order valence-corrected chi connectivity index (χ4v) is 3.08. The summed E-state index contributed by atoms with van der Waals surface area (Å²) < 4.78 is 10.6. The highest BCUT2D eigenvalue weighted by Crippen LogP contribution is 2.22. The zero-order chi connectivity index (χ0) is 16.8. The summed E-state index contributed by atoms with van der Waals surface area (Å²) in [6.45, 7) is 2.55. The van der Waals surface area contributed by atoms with Crippen molar-refractivity contribution in [2.75, 3.05) is 37.1 Å². The van der Waals surface area contributed by atoms with Crippen LogP contribution in [0.1, 0.15) is 25.7 Å². The monoisotopic (exact) mass is 332 g/mol. The van der Waals surface area contributed by atoms with Crippen molar-refractivity contribution in [2.45, 2.75) is 25.7 Å². The first-order valence-electron chi connectivity index (χ1n) is 8.59. The van der Waals surface area contributed by atoms with Crippen LogP contribution >= 0.6 is 0 Å². The summed E-state index contributed by atoms with van der Waals surface area (Å²) >= 11 is 0. The standard InChI is InChI=1S/C18H24N2O4/c21-17(13-4-8-23-9-5-13)19-15-2-1-3-16(12-15)20-18(22)14-6-10-24-11-7-14/h1-3,12-14H,4-11H2,(H,19,21)(H,20,22). The van der Waals surface area contributed by atoms with Crippen molar-refractivity contribution < 1.29 is 19.1 Å². The maximum Gasteiger partial charge on any atom is 0.227 e. The summed E-state index contributed by atoms with van der Waals surface area (Å²) in [6.07, 6.45) is 3.02. The third kappa shape index (κ3) is 4.55. The molecule has 3 rings (SSSR count). The highest BCUT2D eigenvalue weighted by atomic mass is 16.5. The van der Waals surface area contributed by atoms with Gasteiger partial charge in [-0.15, -0.1) is 0 Å². The molecule has 0 radical (unpaired) electrons. The number of hydrogen-bond acceptors (Lipinski definition) is 4. The van der Waals surface area contributed by atoms with E-state index < -0.39 is 0 Å². The van der Waals surface area contributed by atoms with Crippen molar-refractivity contribution in [2.24, 2.45) is 11.8 Å². The van der Waals surface area contributed by atoms with Gasteiger partial charge in [-0.1, -0.05) is 6.07 Å². The number of nitrogens with one attached hydrogen (secondary N) is 2. The molecule has 1 aromatic carbocycles. The molecule has 0 spiro atoms. The third-order valence-electron chi connectivity index (χ3n) is 4.58. The molecule has 0 bridgehead atoms. The molecule has 0 aliphatic carbocycles. The topological polar surface area (TPSA) is 76.7 Å². The molecular weight excluding hydrogens is 308 g/mol. The Morgan fingerprint density at radius 1 is 0.792 bits per heavy atom. The lowest BCUT2D eigenvalue weighted by Crippen LogP contribution is -2.29. The molecule has 24 heavy (non-hydrogen) atoms. The summed E-state index contributed by atoms with van der Waals surface area (Å²) in [5.74, 6) is 0.0379. The Bertz CT molecular complexity index is 531.